The summed E-state index contributed by atoms with van der Waals surface area (Å²) in [7, 11) is 0. The fourth-order valence-corrected chi connectivity index (χ4v) is 2.99. The van der Waals surface area contributed by atoms with Gasteiger partial charge in [0.2, 0.25) is 0 Å². The van der Waals surface area contributed by atoms with E-state index in [0.29, 0.717) is 0 Å². The fourth-order valence-electron chi connectivity index (χ4n) is 2.99. The van der Waals surface area contributed by atoms with Gasteiger partial charge < -0.3 is 5.84 Å². The molecule has 0 fully saturated rings. The van der Waals surface area contributed by atoms with Gasteiger partial charge in [-0.05, 0) is 33.7 Å². The summed E-state index contributed by atoms with van der Waals surface area (Å²) in [5.74, 6) is 5.71. The Balaban J connectivity index is 1.85. The van der Waals surface area contributed by atoms with Crippen LogP contribution < -0.4 is 5.84 Å². The van der Waals surface area contributed by atoms with E-state index < -0.39 is 0 Å². The molecule has 0 radical (unpaired) electrons. The highest BCUT2D eigenvalue weighted by molar-refractivity contribution is 6.15. The highest BCUT2D eigenvalue weighted by atomic mass is 15.1. The normalized spacial score (nSPS) is 10.8. The van der Waals surface area contributed by atoms with Crippen LogP contribution in [0.4, 0.5) is 0 Å². The molecule has 2 nitrogen and oxygen atoms in total. The average Bonchev–Trinajstić information content (AvgIpc) is 2.62. The summed E-state index contributed by atoms with van der Waals surface area (Å²) in [4.78, 5) is 0. The first-order valence-electron chi connectivity index (χ1n) is 7.61. The van der Waals surface area contributed by atoms with Crippen molar-refractivity contribution in [1.29, 1.82) is 0 Å². The Kier molecular flexibility index (Phi) is 3.28. The van der Waals surface area contributed by atoms with Crippen LogP contribution in [-0.4, -0.2) is 5.71 Å². The lowest BCUT2D eigenvalue weighted by Crippen LogP contribution is -2.06. The second-order valence-electron chi connectivity index (χ2n) is 5.60. The Morgan fingerprint density at radius 1 is 0.565 bits per heavy atom. The monoisotopic (exact) mass is 296 g/mol. The number of hydrogen-bond donors (Lipinski definition) is 1. The van der Waals surface area contributed by atoms with Crippen molar-refractivity contribution in [3.63, 3.8) is 0 Å². The van der Waals surface area contributed by atoms with Gasteiger partial charge in [0, 0.05) is 11.1 Å². The van der Waals surface area contributed by atoms with Gasteiger partial charge in [-0.15, -0.1) is 0 Å². The zero-order valence-corrected chi connectivity index (χ0v) is 12.6. The molecule has 0 saturated carbocycles. The van der Waals surface area contributed by atoms with E-state index in [1.165, 1.54) is 21.5 Å². The Morgan fingerprint density at radius 3 is 1.43 bits per heavy atom. The molecule has 0 bridgehead atoms. The molecule has 2 N–H and O–H groups in total. The molecule has 0 aliphatic heterocycles. The van der Waals surface area contributed by atoms with Crippen LogP contribution in [0.5, 0.6) is 0 Å². The predicted molar refractivity (Wildman–Crippen MR) is 97.7 cm³/mol. The number of nitrogens with zero attached hydrogens (tertiary/aromatic N) is 1. The molecule has 0 amide bonds. The predicted octanol–water partition coefficient (Wildman–Crippen LogP) is 4.70. The quantitative estimate of drug-likeness (QED) is 0.325. The molecule has 0 atom stereocenters. The number of fused-ring (bicyclic) bond motifs is 2. The van der Waals surface area contributed by atoms with Crippen LogP contribution in [0.2, 0.25) is 0 Å². The highest BCUT2D eigenvalue weighted by Crippen LogP contribution is 2.21. The van der Waals surface area contributed by atoms with Gasteiger partial charge in [-0.1, -0.05) is 72.8 Å². The Labute approximate surface area is 134 Å². The van der Waals surface area contributed by atoms with Gasteiger partial charge >= 0.3 is 0 Å². The van der Waals surface area contributed by atoms with E-state index in [1.807, 2.05) is 24.3 Å². The molecule has 0 aromatic heterocycles. The topological polar surface area (TPSA) is 38.4 Å². The van der Waals surface area contributed by atoms with Gasteiger partial charge in [0.05, 0.1) is 5.71 Å². The smallest absolute Gasteiger partial charge is 0.0971 e. The third kappa shape index (κ3) is 2.44. The van der Waals surface area contributed by atoms with E-state index in [4.69, 9.17) is 5.84 Å². The van der Waals surface area contributed by atoms with Crippen molar-refractivity contribution in [2.24, 2.45) is 10.9 Å². The molecular formula is C21H16N2. The highest BCUT2D eigenvalue weighted by Gasteiger charge is 2.08. The first kappa shape index (κ1) is 13.5. The molecule has 0 aliphatic carbocycles. The van der Waals surface area contributed by atoms with E-state index in [2.05, 4.69) is 65.8 Å². The van der Waals surface area contributed by atoms with E-state index >= 15 is 0 Å². The maximum atomic E-state index is 5.71. The van der Waals surface area contributed by atoms with Crippen LogP contribution in [0.1, 0.15) is 11.1 Å². The number of hydrazone groups is 1. The van der Waals surface area contributed by atoms with Crippen molar-refractivity contribution in [1.82, 2.24) is 0 Å². The second kappa shape index (κ2) is 5.58. The van der Waals surface area contributed by atoms with Gasteiger partial charge in [-0.25, -0.2) is 0 Å². The van der Waals surface area contributed by atoms with Crippen LogP contribution in [-0.2, 0) is 0 Å². The maximum Gasteiger partial charge on any atom is 0.0971 e. The molecule has 0 heterocycles. The van der Waals surface area contributed by atoms with E-state index in [0.717, 1.165) is 16.8 Å². The van der Waals surface area contributed by atoms with Gasteiger partial charge in [0.25, 0.3) is 0 Å². The molecule has 0 saturated heterocycles. The number of rotatable bonds is 2. The molecule has 4 aromatic carbocycles. The Hall–Kier alpha value is -3.13. The van der Waals surface area contributed by atoms with Gasteiger partial charge in [0.15, 0.2) is 0 Å². The molecule has 2 heteroatoms. The lowest BCUT2D eigenvalue weighted by atomic mass is 9.97. The molecule has 110 valence electrons. The minimum absolute atomic E-state index is 0.807. The zero-order valence-electron chi connectivity index (χ0n) is 12.6. The largest absolute Gasteiger partial charge is 0.323 e. The van der Waals surface area contributed by atoms with Crippen molar-refractivity contribution in [3.8, 4) is 0 Å². The average molecular weight is 296 g/mol. The summed E-state index contributed by atoms with van der Waals surface area (Å²) in [6.07, 6.45) is 0. The van der Waals surface area contributed by atoms with Gasteiger partial charge in [-0.3, -0.25) is 0 Å². The lowest BCUT2D eigenvalue weighted by molar-refractivity contribution is 1.24. The fraction of sp³-hybridized carbons (Fsp3) is 0. The van der Waals surface area contributed by atoms with Crippen LogP contribution >= 0.6 is 0 Å². The molecule has 0 unspecified atom stereocenters. The van der Waals surface area contributed by atoms with Crippen LogP contribution in [0.25, 0.3) is 21.5 Å². The number of benzene rings is 4. The summed E-state index contributed by atoms with van der Waals surface area (Å²) >= 11 is 0. The first-order valence-corrected chi connectivity index (χ1v) is 7.61. The van der Waals surface area contributed by atoms with E-state index in [1.54, 1.807) is 0 Å². The first-order chi connectivity index (χ1) is 11.3. The molecule has 4 rings (SSSR count). The van der Waals surface area contributed by atoms with Crippen molar-refractivity contribution in [3.05, 3.63) is 96.1 Å². The molecule has 4 aromatic rings. The zero-order chi connectivity index (χ0) is 15.6. The van der Waals surface area contributed by atoms with Crippen LogP contribution in [0, 0.1) is 0 Å². The summed E-state index contributed by atoms with van der Waals surface area (Å²) in [5, 5.41) is 8.86. The van der Waals surface area contributed by atoms with Crippen LogP contribution in [0.3, 0.4) is 0 Å². The van der Waals surface area contributed by atoms with Crippen LogP contribution in [0.15, 0.2) is 90.0 Å². The van der Waals surface area contributed by atoms with Gasteiger partial charge in [-0.2, -0.15) is 5.10 Å². The minimum Gasteiger partial charge on any atom is -0.323 e. The summed E-state index contributed by atoms with van der Waals surface area (Å²) in [5.41, 5.74) is 2.87. The second-order valence-corrected chi connectivity index (χ2v) is 5.60. The van der Waals surface area contributed by atoms with E-state index in [9.17, 15) is 0 Å². The maximum absolute atomic E-state index is 5.71. The van der Waals surface area contributed by atoms with Crippen molar-refractivity contribution < 1.29 is 0 Å². The summed E-state index contributed by atoms with van der Waals surface area (Å²) in [6, 6.07) is 29.2. The summed E-state index contributed by atoms with van der Waals surface area (Å²) < 4.78 is 0. The lowest BCUT2D eigenvalue weighted by Gasteiger charge is -2.09. The third-order valence-corrected chi connectivity index (χ3v) is 4.17. The SMILES string of the molecule is NN=C(c1ccc2ccccc2c1)c1ccc2ccccc2c1. The number of hydrogen-bond acceptors (Lipinski definition) is 2. The Bertz CT molecular complexity index is 951. The third-order valence-electron chi connectivity index (χ3n) is 4.17. The van der Waals surface area contributed by atoms with Crippen molar-refractivity contribution in [2.75, 3.05) is 0 Å². The molecule has 23 heavy (non-hydrogen) atoms. The van der Waals surface area contributed by atoms with Crippen molar-refractivity contribution >= 4 is 27.3 Å². The van der Waals surface area contributed by atoms with Gasteiger partial charge in [0.1, 0.15) is 0 Å². The molecule has 0 aliphatic rings. The Morgan fingerprint density at radius 2 is 1.00 bits per heavy atom. The number of nitrogens with two attached hydrogens (primary N) is 1. The standard InChI is InChI=1S/C21H16N2/c22-23-21(19-11-9-15-5-1-3-7-17(15)13-19)20-12-10-16-6-2-4-8-18(16)14-20/h1-14H,22H2. The minimum atomic E-state index is 0.807. The van der Waals surface area contributed by atoms with Crippen molar-refractivity contribution in [2.45, 2.75) is 0 Å². The van der Waals surface area contributed by atoms with E-state index in [-0.39, 0.29) is 0 Å². The molecule has 0 spiro atoms. The molecular weight excluding hydrogens is 280 g/mol. The summed E-state index contributed by atoms with van der Waals surface area (Å²) in [6.45, 7) is 0.